The van der Waals surface area contributed by atoms with Crippen LogP contribution in [-0.4, -0.2) is 40.4 Å². The lowest BCUT2D eigenvalue weighted by Gasteiger charge is -2.40. The van der Waals surface area contributed by atoms with E-state index in [0.29, 0.717) is 5.92 Å². The number of nitrogens with zero attached hydrogens (tertiary/aromatic N) is 1. The Morgan fingerprint density at radius 1 is 1.29 bits per heavy atom. The highest BCUT2D eigenvalue weighted by atomic mass is 16.6. The molecule has 122 valence electrons. The van der Waals surface area contributed by atoms with Crippen molar-refractivity contribution < 1.29 is 14.6 Å². The Hall–Kier alpha value is -0.770. The number of amides is 1. The van der Waals surface area contributed by atoms with Crippen LogP contribution in [0.15, 0.2) is 0 Å². The van der Waals surface area contributed by atoms with Crippen LogP contribution in [-0.2, 0) is 4.74 Å². The third-order valence-electron chi connectivity index (χ3n) is 4.97. The molecule has 1 N–H and O–H groups in total. The summed E-state index contributed by atoms with van der Waals surface area (Å²) in [6.07, 6.45) is 5.75. The maximum atomic E-state index is 12.4. The van der Waals surface area contributed by atoms with Crippen molar-refractivity contribution in [2.45, 2.75) is 84.0 Å². The van der Waals surface area contributed by atoms with Crippen LogP contribution in [0.5, 0.6) is 0 Å². The Kier molecular flexibility index (Phi) is 5.18. The summed E-state index contributed by atoms with van der Waals surface area (Å²) in [7, 11) is 0. The zero-order valence-corrected chi connectivity index (χ0v) is 14.0. The zero-order valence-electron chi connectivity index (χ0n) is 14.0. The van der Waals surface area contributed by atoms with Gasteiger partial charge < -0.3 is 14.7 Å². The summed E-state index contributed by atoms with van der Waals surface area (Å²) in [5.41, 5.74) is -0.457. The lowest BCUT2D eigenvalue weighted by molar-refractivity contribution is -0.0144. The summed E-state index contributed by atoms with van der Waals surface area (Å²) in [4.78, 5) is 14.3. The molecule has 0 aromatic heterocycles. The van der Waals surface area contributed by atoms with E-state index in [0.717, 1.165) is 38.6 Å². The number of rotatable bonds is 2. The first-order valence-corrected chi connectivity index (χ1v) is 8.49. The van der Waals surface area contributed by atoms with Crippen molar-refractivity contribution >= 4 is 6.09 Å². The van der Waals surface area contributed by atoms with E-state index >= 15 is 0 Å². The molecule has 0 aromatic rings. The minimum absolute atomic E-state index is 0.157. The second kappa shape index (κ2) is 6.55. The van der Waals surface area contributed by atoms with E-state index in [4.69, 9.17) is 4.74 Å². The second-order valence-corrected chi connectivity index (χ2v) is 7.70. The van der Waals surface area contributed by atoms with Gasteiger partial charge in [-0.05, 0) is 58.8 Å². The Morgan fingerprint density at radius 2 is 2.00 bits per heavy atom. The molecule has 1 aliphatic carbocycles. The molecule has 4 heteroatoms. The Morgan fingerprint density at radius 3 is 2.62 bits per heavy atom. The number of hydrogen-bond acceptors (Lipinski definition) is 3. The highest BCUT2D eigenvalue weighted by Crippen LogP contribution is 2.38. The van der Waals surface area contributed by atoms with Gasteiger partial charge in [-0.2, -0.15) is 0 Å². The average Bonchev–Trinajstić information content (AvgIpc) is 2.86. The molecule has 1 aliphatic heterocycles. The Bertz CT molecular complexity index is 364. The first kappa shape index (κ1) is 16.6. The van der Waals surface area contributed by atoms with Crippen molar-refractivity contribution in [3.05, 3.63) is 0 Å². The van der Waals surface area contributed by atoms with E-state index in [1.165, 1.54) is 6.42 Å². The minimum Gasteiger partial charge on any atom is -0.444 e. The summed E-state index contributed by atoms with van der Waals surface area (Å²) < 4.78 is 5.54. The van der Waals surface area contributed by atoms with Gasteiger partial charge in [0.1, 0.15) is 5.60 Å². The molecule has 21 heavy (non-hydrogen) atoms. The molecule has 4 nitrogen and oxygen atoms in total. The van der Waals surface area contributed by atoms with Gasteiger partial charge in [0.2, 0.25) is 0 Å². The number of hydrogen-bond donors (Lipinski definition) is 1. The van der Waals surface area contributed by atoms with Gasteiger partial charge in [-0.15, -0.1) is 0 Å². The molecule has 0 bridgehead atoms. The molecule has 0 radical (unpaired) electrons. The number of carbonyl (C=O) groups is 1. The lowest BCUT2D eigenvalue weighted by atomic mass is 9.74. The maximum absolute atomic E-state index is 12.4. The highest BCUT2D eigenvalue weighted by Gasteiger charge is 2.42. The monoisotopic (exact) mass is 297 g/mol. The predicted molar refractivity (Wildman–Crippen MR) is 83.1 cm³/mol. The molecule has 1 saturated carbocycles. The number of ether oxygens (including phenoxy) is 1. The first-order chi connectivity index (χ1) is 9.81. The lowest BCUT2D eigenvalue weighted by Crippen LogP contribution is -2.47. The number of carbonyl (C=O) groups excluding carboxylic acids is 1. The van der Waals surface area contributed by atoms with Crippen LogP contribution in [0.4, 0.5) is 4.79 Å². The molecule has 1 amide bonds. The van der Waals surface area contributed by atoms with Gasteiger partial charge >= 0.3 is 6.09 Å². The summed E-state index contributed by atoms with van der Waals surface area (Å²) >= 11 is 0. The van der Waals surface area contributed by atoms with Crippen LogP contribution in [0.3, 0.4) is 0 Å². The van der Waals surface area contributed by atoms with E-state index in [-0.39, 0.29) is 24.2 Å². The average molecular weight is 297 g/mol. The molecule has 1 saturated heterocycles. The normalized spacial score (nSPS) is 34.0. The summed E-state index contributed by atoms with van der Waals surface area (Å²) in [5, 5.41) is 10.4. The quantitative estimate of drug-likeness (QED) is 0.847. The fraction of sp³-hybridized carbons (Fsp3) is 0.941. The van der Waals surface area contributed by atoms with Gasteiger partial charge in [0.25, 0.3) is 0 Å². The molecule has 2 fully saturated rings. The van der Waals surface area contributed by atoms with Crippen molar-refractivity contribution in [2.75, 3.05) is 6.54 Å². The van der Waals surface area contributed by atoms with E-state index in [1.54, 1.807) is 0 Å². The van der Waals surface area contributed by atoms with Crippen LogP contribution in [0, 0.1) is 11.8 Å². The van der Waals surface area contributed by atoms with E-state index in [2.05, 4.69) is 6.92 Å². The Labute approximate surface area is 128 Å². The fourth-order valence-electron chi connectivity index (χ4n) is 3.85. The molecular weight excluding hydrogens is 266 g/mol. The van der Waals surface area contributed by atoms with Gasteiger partial charge in [-0.1, -0.05) is 13.3 Å². The van der Waals surface area contributed by atoms with E-state index < -0.39 is 5.60 Å². The molecule has 4 atom stereocenters. The first-order valence-electron chi connectivity index (χ1n) is 8.49. The highest BCUT2D eigenvalue weighted by molar-refractivity contribution is 5.69. The SMILES string of the molecule is CCC1CCC(O)C(C2CCCN2C(=O)OC(C)(C)C)C1. The molecule has 0 spiro atoms. The van der Waals surface area contributed by atoms with Crippen LogP contribution >= 0.6 is 0 Å². The molecular formula is C17H31NO3. The standard InChI is InChI=1S/C17H31NO3/c1-5-12-8-9-15(19)13(11-12)14-7-6-10-18(14)16(20)21-17(2,3)4/h12-15,19H,5-11H2,1-4H3. The molecule has 4 unspecified atom stereocenters. The van der Waals surface area contributed by atoms with Crippen molar-refractivity contribution in [1.82, 2.24) is 4.90 Å². The minimum atomic E-state index is -0.457. The molecule has 2 rings (SSSR count). The van der Waals surface area contributed by atoms with Gasteiger partial charge in [0.15, 0.2) is 0 Å². The van der Waals surface area contributed by atoms with Gasteiger partial charge in [-0.3, -0.25) is 0 Å². The van der Waals surface area contributed by atoms with Crippen molar-refractivity contribution in [2.24, 2.45) is 11.8 Å². The summed E-state index contributed by atoms with van der Waals surface area (Å²) in [6.45, 7) is 8.69. The number of aliphatic hydroxyl groups excluding tert-OH is 1. The Balaban J connectivity index is 2.05. The van der Waals surface area contributed by atoms with E-state index in [9.17, 15) is 9.90 Å². The number of aliphatic hydroxyl groups is 1. The van der Waals surface area contributed by atoms with Gasteiger partial charge in [-0.25, -0.2) is 4.79 Å². The summed E-state index contributed by atoms with van der Waals surface area (Å²) in [6, 6.07) is 0.157. The largest absolute Gasteiger partial charge is 0.444 e. The van der Waals surface area contributed by atoms with Gasteiger partial charge in [0.05, 0.1) is 6.10 Å². The van der Waals surface area contributed by atoms with Crippen LogP contribution in [0.1, 0.15) is 66.2 Å². The van der Waals surface area contributed by atoms with Crippen molar-refractivity contribution in [3.63, 3.8) is 0 Å². The van der Waals surface area contributed by atoms with Crippen molar-refractivity contribution in [3.8, 4) is 0 Å². The topological polar surface area (TPSA) is 49.8 Å². The third kappa shape index (κ3) is 4.12. The van der Waals surface area contributed by atoms with Crippen LogP contribution < -0.4 is 0 Å². The maximum Gasteiger partial charge on any atom is 0.410 e. The third-order valence-corrected chi connectivity index (χ3v) is 4.97. The molecule has 1 heterocycles. The fourth-order valence-corrected chi connectivity index (χ4v) is 3.85. The van der Waals surface area contributed by atoms with Crippen LogP contribution in [0.25, 0.3) is 0 Å². The van der Waals surface area contributed by atoms with E-state index in [1.807, 2.05) is 25.7 Å². The van der Waals surface area contributed by atoms with Crippen LogP contribution in [0.2, 0.25) is 0 Å². The second-order valence-electron chi connectivity index (χ2n) is 7.70. The summed E-state index contributed by atoms with van der Waals surface area (Å²) in [5.74, 6) is 0.915. The van der Waals surface area contributed by atoms with Crippen molar-refractivity contribution in [1.29, 1.82) is 0 Å². The smallest absolute Gasteiger partial charge is 0.410 e. The molecule has 0 aromatic carbocycles. The molecule has 2 aliphatic rings. The van der Waals surface area contributed by atoms with Gasteiger partial charge in [0, 0.05) is 18.5 Å². The zero-order chi connectivity index (χ0) is 15.6. The number of likely N-dealkylation sites (tertiary alicyclic amines) is 1. The predicted octanol–water partition coefficient (Wildman–Crippen LogP) is 3.57.